The highest BCUT2D eigenvalue weighted by Gasteiger charge is 2.07. The molecule has 3 rings (SSSR count). The van der Waals surface area contributed by atoms with Gasteiger partial charge in [0, 0.05) is 0 Å². The van der Waals surface area contributed by atoms with Gasteiger partial charge in [0.1, 0.15) is 12.1 Å². The Morgan fingerprint density at radius 3 is 2.82 bits per heavy atom. The van der Waals surface area contributed by atoms with E-state index in [9.17, 15) is 4.79 Å². The number of carbonyl (C=O) groups is 1. The molecule has 6 nitrogen and oxygen atoms in total. The first-order valence-corrected chi connectivity index (χ1v) is 6.89. The lowest BCUT2D eigenvalue weighted by Crippen LogP contribution is -2.23. The number of hydrogen-bond acceptors (Lipinski definition) is 4. The van der Waals surface area contributed by atoms with Crippen molar-refractivity contribution >= 4 is 23.2 Å². The lowest BCUT2D eigenvalue weighted by Gasteiger charge is -2.01. The van der Waals surface area contributed by atoms with Crippen LogP contribution in [0.3, 0.4) is 0 Å². The van der Waals surface area contributed by atoms with Crippen molar-refractivity contribution in [1.29, 1.82) is 0 Å². The molecule has 22 heavy (non-hydrogen) atoms. The largest absolute Gasteiger partial charge is 0.271 e. The van der Waals surface area contributed by atoms with E-state index in [1.807, 2.05) is 55.5 Å². The first-order chi connectivity index (χ1) is 10.7. The summed E-state index contributed by atoms with van der Waals surface area (Å²) < 4.78 is 1.55. The molecule has 0 bridgehead atoms. The first kappa shape index (κ1) is 13.9. The van der Waals surface area contributed by atoms with E-state index in [1.165, 1.54) is 5.56 Å². The second kappa shape index (κ2) is 6.17. The summed E-state index contributed by atoms with van der Waals surface area (Å²) in [5.74, 6) is -0.251. The number of carbonyl (C=O) groups excluding carboxylic acids is 1. The second-order valence-electron chi connectivity index (χ2n) is 4.94. The van der Waals surface area contributed by atoms with Crippen molar-refractivity contribution in [3.05, 3.63) is 59.7 Å². The van der Waals surface area contributed by atoms with Crippen LogP contribution in [0.4, 0.5) is 0 Å². The van der Waals surface area contributed by atoms with Gasteiger partial charge in [-0.2, -0.15) is 5.10 Å². The monoisotopic (exact) mass is 293 g/mol. The average Bonchev–Trinajstić information content (AvgIpc) is 2.93. The van der Waals surface area contributed by atoms with Crippen LogP contribution in [0.5, 0.6) is 0 Å². The average molecular weight is 293 g/mol. The van der Waals surface area contributed by atoms with Gasteiger partial charge in [-0.3, -0.25) is 4.79 Å². The smallest absolute Gasteiger partial charge is 0.261 e. The van der Waals surface area contributed by atoms with E-state index in [0.29, 0.717) is 0 Å². The summed E-state index contributed by atoms with van der Waals surface area (Å²) in [5.41, 5.74) is 6.18. The third kappa shape index (κ3) is 3.17. The molecular weight excluding hydrogens is 278 g/mol. The van der Waals surface area contributed by atoms with Gasteiger partial charge in [-0.05, 0) is 24.6 Å². The number of hydrazone groups is 1. The Hall–Kier alpha value is -3.02. The lowest BCUT2D eigenvalue weighted by molar-refractivity contribution is -0.121. The molecule has 2 aromatic carbocycles. The van der Waals surface area contributed by atoms with Crippen molar-refractivity contribution in [2.24, 2.45) is 5.10 Å². The SMILES string of the molecule is Cc1ccc(C=NNC(=O)Cn2nnc3ccccc32)cc1. The summed E-state index contributed by atoms with van der Waals surface area (Å²) in [5, 5.41) is 11.9. The van der Waals surface area contributed by atoms with Gasteiger partial charge in [0.15, 0.2) is 0 Å². The molecule has 0 aliphatic carbocycles. The molecule has 0 atom stereocenters. The number of nitrogens with one attached hydrogen (secondary N) is 1. The highest BCUT2D eigenvalue weighted by atomic mass is 16.2. The van der Waals surface area contributed by atoms with Crippen LogP contribution < -0.4 is 5.43 Å². The molecule has 1 heterocycles. The maximum atomic E-state index is 11.9. The molecule has 0 radical (unpaired) electrons. The van der Waals surface area contributed by atoms with Gasteiger partial charge in [0.25, 0.3) is 5.91 Å². The van der Waals surface area contributed by atoms with Crippen LogP contribution >= 0.6 is 0 Å². The summed E-state index contributed by atoms with van der Waals surface area (Å²) in [6.45, 7) is 2.09. The van der Waals surface area contributed by atoms with Crippen LogP contribution in [0.15, 0.2) is 53.6 Å². The molecule has 0 spiro atoms. The number of amides is 1. The van der Waals surface area contributed by atoms with E-state index >= 15 is 0 Å². The standard InChI is InChI=1S/C16H15N5O/c1-12-6-8-13(9-7-12)10-17-19-16(22)11-21-15-5-3-2-4-14(15)18-20-21/h2-10H,11H2,1H3,(H,19,22). The van der Waals surface area contributed by atoms with Gasteiger partial charge >= 0.3 is 0 Å². The van der Waals surface area contributed by atoms with Crippen LogP contribution in [0, 0.1) is 6.92 Å². The fourth-order valence-electron chi connectivity index (χ4n) is 2.04. The fourth-order valence-corrected chi connectivity index (χ4v) is 2.04. The van der Waals surface area contributed by atoms with Crippen LogP contribution in [0.1, 0.15) is 11.1 Å². The highest BCUT2D eigenvalue weighted by molar-refractivity contribution is 5.83. The third-order valence-corrected chi connectivity index (χ3v) is 3.19. The van der Waals surface area contributed by atoms with E-state index < -0.39 is 0 Å². The Kier molecular flexibility index (Phi) is 3.91. The molecule has 1 aromatic heterocycles. The van der Waals surface area contributed by atoms with Gasteiger partial charge in [0.05, 0.1) is 11.7 Å². The zero-order chi connectivity index (χ0) is 15.4. The van der Waals surface area contributed by atoms with Gasteiger partial charge < -0.3 is 0 Å². The van der Waals surface area contributed by atoms with Crippen molar-refractivity contribution in [3.63, 3.8) is 0 Å². The number of rotatable bonds is 4. The van der Waals surface area contributed by atoms with E-state index in [0.717, 1.165) is 16.6 Å². The predicted molar refractivity (Wildman–Crippen MR) is 84.4 cm³/mol. The molecule has 0 saturated carbocycles. The molecule has 0 aliphatic heterocycles. The number of aromatic nitrogens is 3. The number of benzene rings is 2. The lowest BCUT2D eigenvalue weighted by atomic mass is 10.2. The zero-order valence-corrected chi connectivity index (χ0v) is 12.1. The number of hydrogen-bond donors (Lipinski definition) is 1. The summed E-state index contributed by atoms with van der Waals surface area (Å²) >= 11 is 0. The molecule has 110 valence electrons. The number of aryl methyl sites for hydroxylation is 1. The van der Waals surface area contributed by atoms with Crippen LogP contribution in [0.25, 0.3) is 11.0 Å². The number of fused-ring (bicyclic) bond motifs is 1. The fraction of sp³-hybridized carbons (Fsp3) is 0.125. The van der Waals surface area contributed by atoms with Crippen molar-refractivity contribution in [2.45, 2.75) is 13.5 Å². The third-order valence-electron chi connectivity index (χ3n) is 3.19. The van der Waals surface area contributed by atoms with E-state index in [2.05, 4.69) is 20.8 Å². The Balaban J connectivity index is 1.62. The van der Waals surface area contributed by atoms with Crippen LogP contribution in [0.2, 0.25) is 0 Å². The minimum absolute atomic E-state index is 0.0751. The topological polar surface area (TPSA) is 72.2 Å². The van der Waals surface area contributed by atoms with Crippen molar-refractivity contribution in [3.8, 4) is 0 Å². The molecule has 0 fully saturated rings. The normalized spacial score (nSPS) is 11.1. The highest BCUT2D eigenvalue weighted by Crippen LogP contribution is 2.09. The summed E-state index contributed by atoms with van der Waals surface area (Å²) in [6, 6.07) is 15.4. The molecular formula is C16H15N5O. The van der Waals surface area contributed by atoms with Crippen LogP contribution in [-0.4, -0.2) is 27.1 Å². The molecule has 1 N–H and O–H groups in total. The van der Waals surface area contributed by atoms with Crippen molar-refractivity contribution in [1.82, 2.24) is 20.4 Å². The number of nitrogens with zero attached hydrogens (tertiary/aromatic N) is 4. The predicted octanol–water partition coefficient (Wildman–Crippen LogP) is 1.89. The zero-order valence-electron chi connectivity index (χ0n) is 12.1. The van der Waals surface area contributed by atoms with Crippen molar-refractivity contribution in [2.75, 3.05) is 0 Å². The minimum atomic E-state index is -0.251. The van der Waals surface area contributed by atoms with E-state index in [1.54, 1.807) is 10.9 Å². The first-order valence-electron chi connectivity index (χ1n) is 6.89. The molecule has 1 amide bonds. The van der Waals surface area contributed by atoms with Gasteiger partial charge in [-0.25, -0.2) is 10.1 Å². The molecule has 0 aliphatic rings. The maximum absolute atomic E-state index is 11.9. The molecule has 6 heteroatoms. The Labute approximate surface area is 127 Å². The minimum Gasteiger partial charge on any atom is -0.271 e. The van der Waals surface area contributed by atoms with Gasteiger partial charge in [-0.1, -0.05) is 47.2 Å². The molecule has 0 saturated heterocycles. The van der Waals surface area contributed by atoms with Crippen LogP contribution in [-0.2, 0) is 11.3 Å². The Morgan fingerprint density at radius 1 is 1.23 bits per heavy atom. The summed E-state index contributed by atoms with van der Waals surface area (Å²) in [6.07, 6.45) is 1.61. The van der Waals surface area contributed by atoms with Crippen molar-refractivity contribution < 1.29 is 4.79 Å². The van der Waals surface area contributed by atoms with Gasteiger partial charge in [-0.15, -0.1) is 5.10 Å². The number of para-hydroxylation sites is 1. The Morgan fingerprint density at radius 2 is 2.00 bits per heavy atom. The Bertz CT molecular complexity index is 820. The maximum Gasteiger partial charge on any atom is 0.261 e. The van der Waals surface area contributed by atoms with E-state index in [4.69, 9.17) is 0 Å². The molecule has 3 aromatic rings. The van der Waals surface area contributed by atoms with Gasteiger partial charge in [0.2, 0.25) is 0 Å². The molecule has 0 unspecified atom stereocenters. The summed E-state index contributed by atoms with van der Waals surface area (Å²) in [7, 11) is 0. The van der Waals surface area contributed by atoms with E-state index in [-0.39, 0.29) is 12.5 Å². The quantitative estimate of drug-likeness (QED) is 0.590. The summed E-state index contributed by atoms with van der Waals surface area (Å²) in [4.78, 5) is 11.9. The second-order valence-corrected chi connectivity index (χ2v) is 4.94.